The van der Waals surface area contributed by atoms with Crippen molar-refractivity contribution in [2.24, 2.45) is 5.92 Å². The van der Waals surface area contributed by atoms with Crippen molar-refractivity contribution in [3.05, 3.63) is 17.5 Å². The van der Waals surface area contributed by atoms with Gasteiger partial charge in [0.2, 0.25) is 0 Å². The number of alkyl halides is 2. The minimum absolute atomic E-state index is 0.0541. The zero-order valence-corrected chi connectivity index (χ0v) is 13.5. The Hall–Kier alpha value is -1.15. The topological polar surface area (TPSA) is 67.2 Å². The molecule has 0 saturated carbocycles. The van der Waals surface area contributed by atoms with Crippen LogP contribution in [0.4, 0.5) is 8.78 Å². The summed E-state index contributed by atoms with van der Waals surface area (Å²) in [4.78, 5) is 12.1. The molecular formula is C14H21F2N3O2S. The molecule has 1 unspecified atom stereocenters. The van der Waals surface area contributed by atoms with Crippen LogP contribution in [-0.2, 0) is 6.54 Å². The van der Waals surface area contributed by atoms with Gasteiger partial charge in [0.15, 0.2) is 5.69 Å². The van der Waals surface area contributed by atoms with Gasteiger partial charge in [0.1, 0.15) is 0 Å². The summed E-state index contributed by atoms with van der Waals surface area (Å²) in [5, 5.41) is 16.7. The predicted octanol–water partition coefficient (Wildman–Crippen LogP) is 2.07. The molecule has 0 bridgehead atoms. The summed E-state index contributed by atoms with van der Waals surface area (Å²) in [7, 11) is 0. The Morgan fingerprint density at radius 1 is 1.59 bits per heavy atom. The van der Waals surface area contributed by atoms with Gasteiger partial charge in [-0.3, -0.25) is 9.48 Å². The van der Waals surface area contributed by atoms with Crippen molar-refractivity contribution in [1.29, 1.82) is 0 Å². The third-order valence-corrected chi connectivity index (χ3v) is 4.69. The SMILES string of the molecule is CC(C)Cn1cc(C(F)F)c(C(=O)NCC2(O)CCSC2)n1. The van der Waals surface area contributed by atoms with Gasteiger partial charge >= 0.3 is 0 Å². The Balaban J connectivity index is 2.08. The third kappa shape index (κ3) is 4.19. The minimum atomic E-state index is -2.76. The van der Waals surface area contributed by atoms with Gasteiger partial charge in [0.25, 0.3) is 12.3 Å². The highest BCUT2D eigenvalue weighted by atomic mass is 32.2. The van der Waals surface area contributed by atoms with Crippen LogP contribution in [0, 0.1) is 5.92 Å². The van der Waals surface area contributed by atoms with E-state index in [1.54, 1.807) is 11.8 Å². The van der Waals surface area contributed by atoms with Crippen LogP contribution >= 0.6 is 11.8 Å². The number of nitrogens with one attached hydrogen (secondary N) is 1. The first-order valence-corrected chi connectivity index (χ1v) is 8.40. The number of carbonyl (C=O) groups excluding carboxylic acids is 1. The van der Waals surface area contributed by atoms with E-state index in [-0.39, 0.29) is 23.7 Å². The fourth-order valence-electron chi connectivity index (χ4n) is 2.31. The van der Waals surface area contributed by atoms with Crippen LogP contribution in [0.15, 0.2) is 6.20 Å². The highest BCUT2D eigenvalue weighted by Gasteiger charge is 2.33. The Kier molecular flexibility index (Phi) is 5.44. The molecule has 1 amide bonds. The molecule has 8 heteroatoms. The number of aliphatic hydroxyl groups is 1. The van der Waals surface area contributed by atoms with Gasteiger partial charge in [0.05, 0.1) is 11.2 Å². The molecule has 2 rings (SSSR count). The largest absolute Gasteiger partial charge is 0.387 e. The van der Waals surface area contributed by atoms with E-state index in [9.17, 15) is 18.7 Å². The molecule has 1 aromatic heterocycles. The molecule has 0 radical (unpaired) electrons. The number of amides is 1. The third-order valence-electron chi connectivity index (χ3n) is 3.45. The highest BCUT2D eigenvalue weighted by Crippen LogP contribution is 2.27. The lowest BCUT2D eigenvalue weighted by Crippen LogP contribution is -2.43. The number of hydrogen-bond donors (Lipinski definition) is 2. The summed E-state index contributed by atoms with van der Waals surface area (Å²) in [6.07, 6.45) is -0.951. The van der Waals surface area contributed by atoms with E-state index in [1.807, 2.05) is 13.8 Å². The number of rotatable bonds is 6. The first-order valence-electron chi connectivity index (χ1n) is 7.24. The average molecular weight is 333 g/mol. The maximum atomic E-state index is 13.1. The van der Waals surface area contributed by atoms with Crippen LogP contribution < -0.4 is 5.32 Å². The molecule has 0 aliphatic carbocycles. The molecular weight excluding hydrogens is 312 g/mol. The van der Waals surface area contributed by atoms with Crippen LogP contribution in [0.25, 0.3) is 0 Å². The predicted molar refractivity (Wildman–Crippen MR) is 81.2 cm³/mol. The molecule has 1 aliphatic rings. The monoisotopic (exact) mass is 333 g/mol. The van der Waals surface area contributed by atoms with Crippen LogP contribution in [0.2, 0.25) is 0 Å². The number of nitrogens with zero attached hydrogens (tertiary/aromatic N) is 2. The number of aromatic nitrogens is 2. The molecule has 1 saturated heterocycles. The van der Waals surface area contributed by atoms with Crippen molar-refractivity contribution < 1.29 is 18.7 Å². The lowest BCUT2D eigenvalue weighted by atomic mass is 10.0. The maximum absolute atomic E-state index is 13.1. The molecule has 1 fully saturated rings. The Labute approximate surface area is 132 Å². The van der Waals surface area contributed by atoms with Crippen LogP contribution in [-0.4, -0.2) is 44.4 Å². The molecule has 2 heterocycles. The van der Waals surface area contributed by atoms with Gasteiger partial charge in [-0.2, -0.15) is 16.9 Å². The smallest absolute Gasteiger partial charge is 0.272 e. The number of thioether (sulfide) groups is 1. The molecule has 1 atom stereocenters. The molecule has 5 nitrogen and oxygen atoms in total. The first kappa shape index (κ1) is 17.2. The fourth-order valence-corrected chi connectivity index (χ4v) is 3.60. The zero-order chi connectivity index (χ0) is 16.3. The summed E-state index contributed by atoms with van der Waals surface area (Å²) in [5.41, 5.74) is -1.58. The van der Waals surface area contributed by atoms with Crippen molar-refractivity contribution in [3.63, 3.8) is 0 Å². The highest BCUT2D eigenvalue weighted by molar-refractivity contribution is 7.99. The van der Waals surface area contributed by atoms with E-state index >= 15 is 0 Å². The van der Waals surface area contributed by atoms with Gasteiger partial charge < -0.3 is 10.4 Å². The van der Waals surface area contributed by atoms with Crippen molar-refractivity contribution in [3.8, 4) is 0 Å². The molecule has 124 valence electrons. The number of carbonyl (C=O) groups is 1. The standard InChI is InChI=1S/C14H21F2N3O2S/c1-9(2)5-19-6-10(12(15)16)11(18-19)13(20)17-7-14(21)3-4-22-8-14/h6,9,12,21H,3-5,7-8H2,1-2H3,(H,17,20). The quantitative estimate of drug-likeness (QED) is 0.836. The Morgan fingerprint density at radius 2 is 2.32 bits per heavy atom. The van der Waals surface area contributed by atoms with Crippen molar-refractivity contribution in [1.82, 2.24) is 15.1 Å². The summed E-state index contributed by atoms with van der Waals surface area (Å²) in [6, 6.07) is 0. The molecule has 1 aromatic rings. The second-order valence-electron chi connectivity index (χ2n) is 6.06. The van der Waals surface area contributed by atoms with E-state index in [0.29, 0.717) is 18.7 Å². The zero-order valence-electron chi connectivity index (χ0n) is 12.7. The molecule has 1 aliphatic heterocycles. The summed E-state index contributed by atoms with van der Waals surface area (Å²) in [6.45, 7) is 4.40. The minimum Gasteiger partial charge on any atom is -0.387 e. The van der Waals surface area contributed by atoms with E-state index < -0.39 is 17.9 Å². The number of hydrogen-bond acceptors (Lipinski definition) is 4. The second kappa shape index (κ2) is 6.95. The van der Waals surface area contributed by atoms with Crippen molar-refractivity contribution in [2.75, 3.05) is 18.1 Å². The fraction of sp³-hybridized carbons (Fsp3) is 0.714. The number of halogens is 2. The average Bonchev–Trinajstić information content (AvgIpc) is 3.03. The summed E-state index contributed by atoms with van der Waals surface area (Å²) in [5.74, 6) is 0.940. The van der Waals surface area contributed by atoms with Gasteiger partial charge in [-0.25, -0.2) is 8.78 Å². The molecule has 2 N–H and O–H groups in total. The summed E-state index contributed by atoms with van der Waals surface area (Å²) >= 11 is 1.61. The lowest BCUT2D eigenvalue weighted by Gasteiger charge is -2.21. The van der Waals surface area contributed by atoms with E-state index in [0.717, 1.165) is 5.75 Å². The van der Waals surface area contributed by atoms with Gasteiger partial charge in [-0.15, -0.1) is 0 Å². The van der Waals surface area contributed by atoms with Gasteiger partial charge in [-0.1, -0.05) is 13.8 Å². The van der Waals surface area contributed by atoms with Crippen molar-refractivity contribution >= 4 is 17.7 Å². The van der Waals surface area contributed by atoms with Crippen LogP contribution in [0.5, 0.6) is 0 Å². The molecule has 0 spiro atoms. The second-order valence-corrected chi connectivity index (χ2v) is 7.16. The Morgan fingerprint density at radius 3 is 2.86 bits per heavy atom. The molecule has 22 heavy (non-hydrogen) atoms. The van der Waals surface area contributed by atoms with E-state index in [4.69, 9.17) is 0 Å². The van der Waals surface area contributed by atoms with Crippen molar-refractivity contribution in [2.45, 2.75) is 38.8 Å². The van der Waals surface area contributed by atoms with E-state index in [1.165, 1.54) is 10.9 Å². The van der Waals surface area contributed by atoms with Gasteiger partial charge in [-0.05, 0) is 18.1 Å². The van der Waals surface area contributed by atoms with Crippen LogP contribution in [0.1, 0.15) is 42.7 Å². The normalized spacial score (nSPS) is 21.8. The maximum Gasteiger partial charge on any atom is 0.272 e. The molecule has 0 aromatic carbocycles. The van der Waals surface area contributed by atoms with Gasteiger partial charge in [0, 0.05) is 25.0 Å². The summed E-state index contributed by atoms with van der Waals surface area (Å²) < 4.78 is 27.5. The Bertz CT molecular complexity index is 528. The van der Waals surface area contributed by atoms with Crippen LogP contribution in [0.3, 0.4) is 0 Å². The lowest BCUT2D eigenvalue weighted by molar-refractivity contribution is 0.0607. The van der Waals surface area contributed by atoms with E-state index in [2.05, 4.69) is 10.4 Å². The first-order chi connectivity index (χ1) is 10.3.